The molecule has 128 valence electrons. The fraction of sp³-hybridized carbons (Fsp3) is 0.667. The number of nitrogens with zero attached hydrogens (tertiary/aromatic N) is 2. The fourth-order valence-corrected chi connectivity index (χ4v) is 3.57. The normalized spacial score (nSPS) is 24.4. The van der Waals surface area contributed by atoms with E-state index in [1.54, 1.807) is 14.2 Å². The van der Waals surface area contributed by atoms with Crippen LogP contribution in [-0.4, -0.2) is 64.6 Å². The largest absolute Gasteiger partial charge is 0.497 e. The molecule has 0 saturated carbocycles. The first-order valence-corrected chi connectivity index (χ1v) is 8.49. The lowest BCUT2D eigenvalue weighted by atomic mass is 10.2. The van der Waals surface area contributed by atoms with Gasteiger partial charge in [0.05, 0.1) is 20.3 Å². The molecule has 0 radical (unpaired) electrons. The molecule has 2 aliphatic rings. The van der Waals surface area contributed by atoms with Gasteiger partial charge in [-0.2, -0.15) is 0 Å². The molecular formula is C18H28N2O3. The molecule has 1 aromatic carbocycles. The molecule has 0 N–H and O–H groups in total. The van der Waals surface area contributed by atoms with Gasteiger partial charge in [-0.25, -0.2) is 0 Å². The molecule has 0 amide bonds. The highest BCUT2D eigenvalue weighted by Crippen LogP contribution is 2.31. The van der Waals surface area contributed by atoms with Crippen LogP contribution in [0, 0.1) is 0 Å². The lowest BCUT2D eigenvalue weighted by molar-refractivity contribution is 0.0708. The summed E-state index contributed by atoms with van der Waals surface area (Å²) >= 11 is 0. The van der Waals surface area contributed by atoms with Crippen molar-refractivity contribution in [2.75, 3.05) is 52.4 Å². The highest BCUT2D eigenvalue weighted by molar-refractivity contribution is 5.56. The number of ether oxygens (including phenoxy) is 3. The summed E-state index contributed by atoms with van der Waals surface area (Å²) in [7, 11) is 5.61. The van der Waals surface area contributed by atoms with Crippen LogP contribution in [0.3, 0.4) is 0 Å². The summed E-state index contributed by atoms with van der Waals surface area (Å²) in [6.45, 7) is 4.08. The van der Waals surface area contributed by atoms with Crippen LogP contribution < -0.4 is 14.4 Å². The molecule has 2 saturated heterocycles. The number of hydrogen-bond donors (Lipinski definition) is 0. The van der Waals surface area contributed by atoms with Crippen molar-refractivity contribution in [2.45, 2.75) is 31.4 Å². The fourth-order valence-electron chi connectivity index (χ4n) is 3.57. The van der Waals surface area contributed by atoms with Gasteiger partial charge in [0.15, 0.2) is 0 Å². The van der Waals surface area contributed by atoms with E-state index in [4.69, 9.17) is 14.2 Å². The molecule has 23 heavy (non-hydrogen) atoms. The van der Waals surface area contributed by atoms with E-state index >= 15 is 0 Å². The van der Waals surface area contributed by atoms with E-state index in [1.165, 1.54) is 24.9 Å². The van der Waals surface area contributed by atoms with Gasteiger partial charge in [-0.3, -0.25) is 4.90 Å². The number of rotatable bonds is 6. The lowest BCUT2D eigenvalue weighted by Gasteiger charge is -2.27. The van der Waals surface area contributed by atoms with Gasteiger partial charge in [-0.05, 0) is 26.3 Å². The van der Waals surface area contributed by atoms with Crippen LogP contribution >= 0.6 is 0 Å². The van der Waals surface area contributed by atoms with E-state index in [1.807, 2.05) is 6.07 Å². The van der Waals surface area contributed by atoms with Gasteiger partial charge in [0, 0.05) is 56.2 Å². The Morgan fingerprint density at radius 2 is 1.91 bits per heavy atom. The molecule has 2 aliphatic heterocycles. The Morgan fingerprint density at radius 1 is 1.17 bits per heavy atom. The third kappa shape index (κ3) is 3.90. The number of likely N-dealkylation sites (N-methyl/N-ethyl adjacent to an activating group) is 1. The van der Waals surface area contributed by atoms with E-state index < -0.39 is 0 Å². The topological polar surface area (TPSA) is 34.2 Å². The first kappa shape index (κ1) is 16.4. The van der Waals surface area contributed by atoms with Crippen molar-refractivity contribution in [3.8, 4) is 11.5 Å². The highest BCUT2D eigenvalue weighted by atomic mass is 16.5. The van der Waals surface area contributed by atoms with Crippen LogP contribution in [0.4, 0.5) is 5.69 Å². The van der Waals surface area contributed by atoms with Gasteiger partial charge in [0.2, 0.25) is 0 Å². The molecule has 2 fully saturated rings. The molecule has 3 rings (SSSR count). The molecule has 2 heterocycles. The van der Waals surface area contributed by atoms with Crippen LogP contribution in [0.25, 0.3) is 0 Å². The Balaban J connectivity index is 1.62. The summed E-state index contributed by atoms with van der Waals surface area (Å²) in [4.78, 5) is 4.88. The Hall–Kier alpha value is -1.46. The monoisotopic (exact) mass is 320 g/mol. The minimum absolute atomic E-state index is 0.422. The predicted molar refractivity (Wildman–Crippen MR) is 91.8 cm³/mol. The van der Waals surface area contributed by atoms with Crippen LogP contribution in [0.1, 0.15) is 19.3 Å². The van der Waals surface area contributed by atoms with Crippen LogP contribution in [-0.2, 0) is 4.74 Å². The quantitative estimate of drug-likeness (QED) is 0.804. The van der Waals surface area contributed by atoms with Crippen molar-refractivity contribution in [1.82, 2.24) is 4.90 Å². The van der Waals surface area contributed by atoms with E-state index in [0.29, 0.717) is 12.1 Å². The van der Waals surface area contributed by atoms with Crippen molar-refractivity contribution >= 4 is 5.69 Å². The number of hydrogen-bond acceptors (Lipinski definition) is 5. The van der Waals surface area contributed by atoms with E-state index in [2.05, 4.69) is 29.0 Å². The predicted octanol–water partition coefficient (Wildman–Crippen LogP) is 2.39. The maximum atomic E-state index is 5.77. The van der Waals surface area contributed by atoms with Crippen molar-refractivity contribution in [1.29, 1.82) is 0 Å². The summed E-state index contributed by atoms with van der Waals surface area (Å²) in [5.41, 5.74) is 1.18. The number of benzene rings is 1. The third-order valence-electron chi connectivity index (χ3n) is 5.00. The number of methoxy groups -OCH3 is 2. The molecule has 2 atom stereocenters. The van der Waals surface area contributed by atoms with Crippen molar-refractivity contribution in [3.63, 3.8) is 0 Å². The average molecular weight is 320 g/mol. The maximum absolute atomic E-state index is 5.77. The summed E-state index contributed by atoms with van der Waals surface area (Å²) < 4.78 is 16.5. The highest BCUT2D eigenvalue weighted by Gasteiger charge is 2.28. The first-order valence-electron chi connectivity index (χ1n) is 8.49. The van der Waals surface area contributed by atoms with Gasteiger partial charge in [-0.1, -0.05) is 0 Å². The van der Waals surface area contributed by atoms with Gasteiger partial charge in [-0.15, -0.1) is 0 Å². The number of anilines is 1. The molecule has 5 nitrogen and oxygen atoms in total. The van der Waals surface area contributed by atoms with Crippen molar-refractivity contribution < 1.29 is 14.2 Å². The molecule has 1 aromatic rings. The van der Waals surface area contributed by atoms with Gasteiger partial charge < -0.3 is 19.1 Å². The molecule has 0 bridgehead atoms. The summed E-state index contributed by atoms with van der Waals surface area (Å²) in [5, 5.41) is 0. The van der Waals surface area contributed by atoms with E-state index in [-0.39, 0.29) is 0 Å². The summed E-state index contributed by atoms with van der Waals surface area (Å²) in [6.07, 6.45) is 4.01. The standard InChI is InChI=1S/C18H28N2O3/c1-19(13-16-5-4-8-23-16)14-6-7-20(12-14)15-9-17(21-2)11-18(10-15)22-3/h9-11,14,16H,4-8,12-13H2,1-3H3. The summed E-state index contributed by atoms with van der Waals surface area (Å²) in [6, 6.07) is 6.67. The van der Waals surface area contributed by atoms with E-state index in [9.17, 15) is 0 Å². The van der Waals surface area contributed by atoms with Crippen LogP contribution in [0.5, 0.6) is 11.5 Å². The second kappa shape index (κ2) is 7.41. The molecule has 0 aliphatic carbocycles. The molecule has 2 unspecified atom stereocenters. The molecule has 5 heteroatoms. The van der Waals surface area contributed by atoms with Crippen molar-refractivity contribution in [2.24, 2.45) is 0 Å². The van der Waals surface area contributed by atoms with Crippen molar-refractivity contribution in [3.05, 3.63) is 18.2 Å². The Bertz CT molecular complexity index is 495. The SMILES string of the molecule is COc1cc(OC)cc(N2CCC(N(C)CC3CCCO3)C2)c1. The second-order valence-corrected chi connectivity index (χ2v) is 6.53. The van der Waals surface area contributed by atoms with Gasteiger partial charge in [0.1, 0.15) is 11.5 Å². The maximum Gasteiger partial charge on any atom is 0.124 e. The zero-order valence-electron chi connectivity index (χ0n) is 14.5. The zero-order valence-corrected chi connectivity index (χ0v) is 14.5. The Morgan fingerprint density at radius 3 is 2.52 bits per heavy atom. The van der Waals surface area contributed by atoms with Crippen LogP contribution in [0.15, 0.2) is 18.2 Å². The Labute approximate surface area is 139 Å². The third-order valence-corrected chi connectivity index (χ3v) is 5.00. The van der Waals surface area contributed by atoms with Crippen LogP contribution in [0.2, 0.25) is 0 Å². The smallest absolute Gasteiger partial charge is 0.124 e. The zero-order chi connectivity index (χ0) is 16.2. The average Bonchev–Trinajstić information content (AvgIpc) is 3.25. The van der Waals surface area contributed by atoms with E-state index in [0.717, 1.165) is 37.7 Å². The minimum atomic E-state index is 0.422. The lowest BCUT2D eigenvalue weighted by Crippen LogP contribution is -2.39. The Kier molecular flexibility index (Phi) is 5.28. The molecular weight excluding hydrogens is 292 g/mol. The molecule has 0 spiro atoms. The minimum Gasteiger partial charge on any atom is -0.497 e. The van der Waals surface area contributed by atoms with Gasteiger partial charge in [0.25, 0.3) is 0 Å². The second-order valence-electron chi connectivity index (χ2n) is 6.53. The summed E-state index contributed by atoms with van der Waals surface area (Å²) in [5.74, 6) is 1.69. The molecule has 0 aromatic heterocycles. The first-order chi connectivity index (χ1) is 11.2. The van der Waals surface area contributed by atoms with Gasteiger partial charge >= 0.3 is 0 Å².